The van der Waals surface area contributed by atoms with Gasteiger partial charge in [0.1, 0.15) is 5.75 Å². The number of ether oxygens (including phenoxy) is 2. The molecule has 0 bridgehead atoms. The van der Waals surface area contributed by atoms with E-state index in [2.05, 4.69) is 51.3 Å². The molecule has 1 atom stereocenters. The van der Waals surface area contributed by atoms with Crippen molar-refractivity contribution in [3.63, 3.8) is 0 Å². The fraction of sp³-hybridized carbons (Fsp3) is 0.381. The van der Waals surface area contributed by atoms with E-state index >= 15 is 0 Å². The smallest absolute Gasteiger partial charge is 0.173 e. The first-order chi connectivity index (χ1) is 13.0. The lowest BCUT2D eigenvalue weighted by Gasteiger charge is -2.29. The van der Waals surface area contributed by atoms with Crippen molar-refractivity contribution < 1.29 is 9.47 Å². The van der Waals surface area contributed by atoms with Gasteiger partial charge in [-0.2, -0.15) is 0 Å². The molecule has 4 nitrogen and oxygen atoms in total. The van der Waals surface area contributed by atoms with Crippen LogP contribution in [0.5, 0.6) is 5.75 Å². The van der Waals surface area contributed by atoms with Gasteiger partial charge in [0.25, 0.3) is 0 Å². The van der Waals surface area contributed by atoms with Crippen molar-refractivity contribution in [2.45, 2.75) is 32.4 Å². The highest BCUT2D eigenvalue weighted by molar-refractivity contribution is 9.10. The Kier molecular flexibility index (Phi) is 7.10. The lowest BCUT2D eigenvalue weighted by molar-refractivity contribution is 0.0905. The lowest BCUT2D eigenvalue weighted by atomic mass is 10.2. The zero-order valence-corrected chi connectivity index (χ0v) is 18.1. The molecule has 1 unspecified atom stereocenters. The Labute approximate surface area is 175 Å². The van der Waals surface area contributed by atoms with E-state index in [1.165, 1.54) is 5.56 Å². The number of nitrogens with zero attached hydrogens (tertiary/aromatic N) is 1. The van der Waals surface area contributed by atoms with Gasteiger partial charge in [0, 0.05) is 24.2 Å². The molecule has 1 saturated heterocycles. The van der Waals surface area contributed by atoms with Crippen LogP contribution in [0.25, 0.3) is 0 Å². The van der Waals surface area contributed by atoms with Gasteiger partial charge >= 0.3 is 0 Å². The predicted octanol–water partition coefficient (Wildman–Crippen LogP) is 5.14. The maximum absolute atomic E-state index is 5.85. The number of hydrogen-bond donors (Lipinski definition) is 1. The second-order valence-electron chi connectivity index (χ2n) is 6.78. The fourth-order valence-corrected chi connectivity index (χ4v) is 3.92. The summed E-state index contributed by atoms with van der Waals surface area (Å²) >= 11 is 9.32. The highest BCUT2D eigenvalue weighted by atomic mass is 79.9. The third-order valence-electron chi connectivity index (χ3n) is 4.59. The summed E-state index contributed by atoms with van der Waals surface area (Å²) in [4.78, 5) is 2.18. The normalized spacial score (nSPS) is 16.2. The highest BCUT2D eigenvalue weighted by Gasteiger charge is 2.22. The number of benzene rings is 2. The van der Waals surface area contributed by atoms with Crippen molar-refractivity contribution in [2.24, 2.45) is 0 Å². The zero-order chi connectivity index (χ0) is 19.2. The summed E-state index contributed by atoms with van der Waals surface area (Å²) in [5.41, 5.74) is 3.23. The minimum absolute atomic E-state index is 0.219. The maximum atomic E-state index is 5.85. The van der Waals surface area contributed by atoms with Crippen LogP contribution in [-0.4, -0.2) is 36.4 Å². The van der Waals surface area contributed by atoms with Crippen molar-refractivity contribution in [3.8, 4) is 5.75 Å². The second kappa shape index (κ2) is 9.53. The van der Waals surface area contributed by atoms with Gasteiger partial charge in [-0.3, -0.25) is 0 Å². The molecule has 0 aromatic heterocycles. The number of rotatable bonds is 6. The Morgan fingerprint density at radius 1 is 1.33 bits per heavy atom. The van der Waals surface area contributed by atoms with Crippen LogP contribution >= 0.6 is 28.1 Å². The number of hydrogen-bond acceptors (Lipinski definition) is 3. The molecule has 144 valence electrons. The Morgan fingerprint density at radius 2 is 2.19 bits per heavy atom. The molecule has 1 aliphatic heterocycles. The first-order valence-corrected chi connectivity index (χ1v) is 10.3. The molecule has 0 radical (unpaired) electrons. The van der Waals surface area contributed by atoms with Crippen LogP contribution < -0.4 is 10.1 Å². The Bertz CT molecular complexity index is 794. The number of methoxy groups -OCH3 is 1. The summed E-state index contributed by atoms with van der Waals surface area (Å²) in [6, 6.07) is 14.3. The molecule has 1 heterocycles. The monoisotopic (exact) mass is 448 g/mol. The molecule has 1 N–H and O–H groups in total. The third kappa shape index (κ3) is 5.67. The van der Waals surface area contributed by atoms with Crippen LogP contribution in [0.15, 0.2) is 46.9 Å². The number of aryl methyl sites for hydroxylation is 1. The largest absolute Gasteiger partial charge is 0.495 e. The van der Waals surface area contributed by atoms with E-state index in [1.807, 2.05) is 24.3 Å². The quantitative estimate of drug-likeness (QED) is 0.618. The number of thiocarbonyl (C=S) groups is 1. The molecule has 2 aromatic carbocycles. The van der Waals surface area contributed by atoms with Gasteiger partial charge in [-0.25, -0.2) is 0 Å². The lowest BCUT2D eigenvalue weighted by Crippen LogP contribution is -2.39. The predicted molar refractivity (Wildman–Crippen MR) is 117 cm³/mol. The van der Waals surface area contributed by atoms with Gasteiger partial charge in [-0.1, -0.05) is 34.1 Å². The van der Waals surface area contributed by atoms with Gasteiger partial charge in [0.05, 0.1) is 18.9 Å². The summed E-state index contributed by atoms with van der Waals surface area (Å²) < 4.78 is 12.4. The number of nitrogens with one attached hydrogen (secondary N) is 1. The molecule has 0 amide bonds. The first kappa shape index (κ1) is 20.1. The van der Waals surface area contributed by atoms with Crippen LogP contribution in [-0.2, 0) is 11.3 Å². The average molecular weight is 449 g/mol. The Balaban J connectivity index is 1.78. The molecule has 27 heavy (non-hydrogen) atoms. The fourth-order valence-electron chi connectivity index (χ4n) is 3.22. The van der Waals surface area contributed by atoms with E-state index in [9.17, 15) is 0 Å². The van der Waals surface area contributed by atoms with Gasteiger partial charge in [-0.05, 0) is 67.4 Å². The van der Waals surface area contributed by atoms with Crippen molar-refractivity contribution in [3.05, 3.63) is 58.1 Å². The van der Waals surface area contributed by atoms with Crippen LogP contribution in [0.2, 0.25) is 0 Å². The number of anilines is 1. The third-order valence-corrected chi connectivity index (χ3v) is 5.45. The average Bonchev–Trinajstić information content (AvgIpc) is 3.14. The van der Waals surface area contributed by atoms with Crippen LogP contribution in [0.4, 0.5) is 5.69 Å². The summed E-state index contributed by atoms with van der Waals surface area (Å²) in [5.74, 6) is 0.780. The Morgan fingerprint density at radius 3 is 2.89 bits per heavy atom. The molecule has 1 fully saturated rings. The minimum Gasteiger partial charge on any atom is -0.495 e. The SMILES string of the molecule is COc1ccc(C)cc1NC(=S)N(Cc1cccc(Br)c1)CC1CCCO1. The standard InChI is InChI=1S/C21H25BrN2O2S/c1-15-8-9-20(25-2)19(11-15)23-21(27)24(14-18-7-4-10-26-18)13-16-5-3-6-17(22)12-16/h3,5-6,8-9,11-12,18H,4,7,10,13-14H2,1-2H3,(H,23,27). The molecular weight excluding hydrogens is 424 g/mol. The summed E-state index contributed by atoms with van der Waals surface area (Å²) in [6.45, 7) is 4.38. The van der Waals surface area contributed by atoms with Gasteiger partial charge in [0.2, 0.25) is 0 Å². The highest BCUT2D eigenvalue weighted by Crippen LogP contribution is 2.26. The van der Waals surface area contributed by atoms with E-state index in [1.54, 1.807) is 7.11 Å². The van der Waals surface area contributed by atoms with E-state index < -0.39 is 0 Å². The second-order valence-corrected chi connectivity index (χ2v) is 8.08. The molecular formula is C21H25BrN2O2S. The van der Waals surface area contributed by atoms with E-state index in [4.69, 9.17) is 21.7 Å². The van der Waals surface area contributed by atoms with E-state index in [0.29, 0.717) is 5.11 Å². The van der Waals surface area contributed by atoms with Gasteiger partial charge < -0.3 is 19.7 Å². The van der Waals surface area contributed by atoms with E-state index in [0.717, 1.165) is 54.0 Å². The number of halogens is 1. The zero-order valence-electron chi connectivity index (χ0n) is 15.7. The van der Waals surface area contributed by atoms with E-state index in [-0.39, 0.29) is 6.10 Å². The molecule has 3 rings (SSSR count). The maximum Gasteiger partial charge on any atom is 0.173 e. The van der Waals surface area contributed by atoms with Crippen molar-refractivity contribution in [2.75, 3.05) is 25.6 Å². The van der Waals surface area contributed by atoms with Crippen LogP contribution in [0.3, 0.4) is 0 Å². The van der Waals surface area contributed by atoms with Crippen LogP contribution in [0, 0.1) is 6.92 Å². The summed E-state index contributed by atoms with van der Waals surface area (Å²) in [6.07, 6.45) is 2.41. The molecule has 1 aliphatic rings. The molecule has 0 saturated carbocycles. The summed E-state index contributed by atoms with van der Waals surface area (Å²) in [5, 5.41) is 4.05. The Hall–Kier alpha value is -1.63. The molecule has 2 aromatic rings. The molecule has 6 heteroatoms. The van der Waals surface area contributed by atoms with Gasteiger partial charge in [-0.15, -0.1) is 0 Å². The first-order valence-electron chi connectivity index (χ1n) is 9.12. The topological polar surface area (TPSA) is 33.7 Å². The molecule has 0 aliphatic carbocycles. The van der Waals surface area contributed by atoms with Crippen LogP contribution in [0.1, 0.15) is 24.0 Å². The molecule has 0 spiro atoms. The van der Waals surface area contributed by atoms with Gasteiger partial charge in [0.15, 0.2) is 5.11 Å². The van der Waals surface area contributed by atoms with Crippen molar-refractivity contribution in [1.29, 1.82) is 0 Å². The summed E-state index contributed by atoms with van der Waals surface area (Å²) in [7, 11) is 1.67. The van der Waals surface area contributed by atoms with Crippen molar-refractivity contribution >= 4 is 38.9 Å². The minimum atomic E-state index is 0.219. The van der Waals surface area contributed by atoms with Crippen molar-refractivity contribution in [1.82, 2.24) is 4.90 Å².